The lowest BCUT2D eigenvalue weighted by molar-refractivity contribution is 0.0303. The van der Waals surface area contributed by atoms with E-state index in [-0.39, 0.29) is 5.91 Å². The zero-order valence-electron chi connectivity index (χ0n) is 18.6. The van der Waals surface area contributed by atoms with Gasteiger partial charge in [-0.05, 0) is 42.8 Å². The van der Waals surface area contributed by atoms with Crippen LogP contribution in [0.3, 0.4) is 0 Å². The molecule has 8 heteroatoms. The first-order chi connectivity index (χ1) is 16.2. The molecule has 168 valence electrons. The van der Waals surface area contributed by atoms with Crippen LogP contribution < -0.4 is 5.32 Å². The van der Waals surface area contributed by atoms with E-state index in [2.05, 4.69) is 33.0 Å². The van der Waals surface area contributed by atoms with Gasteiger partial charge in [0.25, 0.3) is 5.91 Å². The molecule has 5 rings (SSSR count). The van der Waals surface area contributed by atoms with Crippen LogP contribution in [-0.4, -0.2) is 56.6 Å². The first kappa shape index (κ1) is 21.1. The number of aryl methyl sites for hydroxylation is 1. The highest BCUT2D eigenvalue weighted by Gasteiger charge is 2.18. The average Bonchev–Trinajstić information content (AvgIpc) is 3.24. The molecule has 1 saturated heterocycles. The molecule has 33 heavy (non-hydrogen) atoms. The van der Waals surface area contributed by atoms with Gasteiger partial charge in [0.15, 0.2) is 0 Å². The van der Waals surface area contributed by atoms with E-state index in [1.807, 2.05) is 53.7 Å². The molecule has 1 N–H and O–H groups in total. The summed E-state index contributed by atoms with van der Waals surface area (Å²) in [6.07, 6.45) is 8.63. The Bertz CT molecular complexity index is 1260. The molecule has 3 aromatic heterocycles. The molecule has 1 aromatic carbocycles. The van der Waals surface area contributed by atoms with Gasteiger partial charge >= 0.3 is 0 Å². The summed E-state index contributed by atoms with van der Waals surface area (Å²) in [7, 11) is 0. The number of anilines is 2. The zero-order valence-corrected chi connectivity index (χ0v) is 18.6. The number of aromatic nitrogens is 4. The Kier molecular flexibility index (Phi) is 5.99. The number of nitrogens with one attached hydrogen (secondary N) is 1. The number of morpholine rings is 1. The number of carbonyl (C=O) groups excluding carboxylic acids is 1. The lowest BCUT2D eigenvalue weighted by atomic mass is 10.1. The Morgan fingerprint density at radius 2 is 1.91 bits per heavy atom. The minimum atomic E-state index is 0.0288. The Morgan fingerprint density at radius 3 is 2.70 bits per heavy atom. The fraction of sp³-hybridized carbons (Fsp3) is 0.280. The molecule has 0 atom stereocenters. The van der Waals surface area contributed by atoms with E-state index in [0.29, 0.717) is 37.8 Å². The summed E-state index contributed by atoms with van der Waals surface area (Å²) in [6.45, 7) is 5.52. The van der Waals surface area contributed by atoms with Crippen molar-refractivity contribution in [2.45, 2.75) is 19.9 Å². The van der Waals surface area contributed by atoms with Crippen LogP contribution in [0, 0.1) is 0 Å². The molecule has 1 aliphatic rings. The first-order valence-corrected chi connectivity index (χ1v) is 11.2. The molecule has 1 aliphatic heterocycles. The molecule has 1 fully saturated rings. The van der Waals surface area contributed by atoms with Gasteiger partial charge in [-0.25, -0.2) is 9.97 Å². The fourth-order valence-corrected chi connectivity index (χ4v) is 4.11. The third-order valence-corrected chi connectivity index (χ3v) is 5.77. The van der Waals surface area contributed by atoms with Crippen molar-refractivity contribution in [1.29, 1.82) is 0 Å². The molecule has 4 aromatic rings. The zero-order chi connectivity index (χ0) is 22.6. The Balaban J connectivity index is 1.36. The quantitative estimate of drug-likeness (QED) is 0.484. The lowest BCUT2D eigenvalue weighted by Crippen LogP contribution is -2.40. The highest BCUT2D eigenvalue weighted by atomic mass is 16.5. The van der Waals surface area contributed by atoms with Gasteiger partial charge in [0.05, 0.1) is 30.6 Å². The van der Waals surface area contributed by atoms with E-state index in [9.17, 15) is 4.79 Å². The molecule has 0 unspecified atom stereocenters. The van der Waals surface area contributed by atoms with Crippen LogP contribution in [0.5, 0.6) is 0 Å². The maximum absolute atomic E-state index is 12.6. The van der Waals surface area contributed by atoms with Gasteiger partial charge in [-0.3, -0.25) is 9.78 Å². The van der Waals surface area contributed by atoms with Crippen LogP contribution in [0.4, 0.5) is 11.6 Å². The second-order valence-electron chi connectivity index (χ2n) is 8.00. The van der Waals surface area contributed by atoms with Crippen molar-refractivity contribution in [1.82, 2.24) is 24.4 Å². The smallest absolute Gasteiger partial charge is 0.254 e. The van der Waals surface area contributed by atoms with E-state index in [0.717, 1.165) is 40.8 Å². The molecular formula is C25H26N6O2. The largest absolute Gasteiger partial charge is 0.378 e. The van der Waals surface area contributed by atoms with E-state index >= 15 is 0 Å². The van der Waals surface area contributed by atoms with Gasteiger partial charge in [-0.1, -0.05) is 6.92 Å². The monoisotopic (exact) mass is 442 g/mol. The van der Waals surface area contributed by atoms with Gasteiger partial charge in [0, 0.05) is 60.4 Å². The minimum absolute atomic E-state index is 0.0288. The van der Waals surface area contributed by atoms with Crippen LogP contribution in [0.2, 0.25) is 0 Å². The van der Waals surface area contributed by atoms with Gasteiger partial charge in [0.1, 0.15) is 0 Å². The number of benzene rings is 1. The van der Waals surface area contributed by atoms with E-state index in [1.54, 1.807) is 6.20 Å². The number of hydrogen-bond acceptors (Lipinski definition) is 6. The molecule has 0 saturated carbocycles. The summed E-state index contributed by atoms with van der Waals surface area (Å²) < 4.78 is 7.55. The van der Waals surface area contributed by atoms with Crippen molar-refractivity contribution in [2.75, 3.05) is 31.6 Å². The highest BCUT2D eigenvalue weighted by Crippen LogP contribution is 2.30. The van der Waals surface area contributed by atoms with Gasteiger partial charge in [0.2, 0.25) is 5.95 Å². The van der Waals surface area contributed by atoms with E-state index in [4.69, 9.17) is 9.72 Å². The van der Waals surface area contributed by atoms with Crippen LogP contribution >= 0.6 is 0 Å². The molecule has 1 amide bonds. The second kappa shape index (κ2) is 9.38. The predicted octanol–water partition coefficient (Wildman–Crippen LogP) is 4.12. The van der Waals surface area contributed by atoms with Crippen LogP contribution in [0.25, 0.3) is 22.2 Å². The third kappa shape index (κ3) is 4.42. The van der Waals surface area contributed by atoms with Crippen LogP contribution in [0.15, 0.2) is 61.2 Å². The maximum atomic E-state index is 12.6. The fourth-order valence-electron chi connectivity index (χ4n) is 4.11. The van der Waals surface area contributed by atoms with Crippen molar-refractivity contribution in [3.63, 3.8) is 0 Å². The number of carbonyl (C=O) groups is 1. The summed E-state index contributed by atoms with van der Waals surface area (Å²) in [5, 5.41) is 4.37. The molecule has 0 aliphatic carbocycles. The predicted molar refractivity (Wildman–Crippen MR) is 127 cm³/mol. The summed E-state index contributed by atoms with van der Waals surface area (Å²) in [4.78, 5) is 27.9. The summed E-state index contributed by atoms with van der Waals surface area (Å²) in [5.74, 6) is 0.534. The lowest BCUT2D eigenvalue weighted by Gasteiger charge is -2.26. The molecular weight excluding hydrogens is 416 g/mol. The Morgan fingerprint density at radius 1 is 1.09 bits per heavy atom. The third-order valence-electron chi connectivity index (χ3n) is 5.77. The van der Waals surface area contributed by atoms with Crippen molar-refractivity contribution in [2.24, 2.45) is 0 Å². The molecule has 0 radical (unpaired) electrons. The SMILES string of the molecule is CCCn1cc(-c2ccnc(Nc3ccc(C(=O)N4CCOCC4)cc3)n2)c2ccncc21. The summed E-state index contributed by atoms with van der Waals surface area (Å²) in [6, 6.07) is 11.4. The Labute approximate surface area is 192 Å². The van der Waals surface area contributed by atoms with Crippen LogP contribution in [0.1, 0.15) is 23.7 Å². The van der Waals surface area contributed by atoms with Gasteiger partial charge < -0.3 is 19.5 Å². The average molecular weight is 443 g/mol. The van der Waals surface area contributed by atoms with E-state index < -0.39 is 0 Å². The van der Waals surface area contributed by atoms with Crippen molar-refractivity contribution in [3.8, 4) is 11.3 Å². The summed E-state index contributed by atoms with van der Waals surface area (Å²) >= 11 is 0. The topological polar surface area (TPSA) is 85.2 Å². The summed E-state index contributed by atoms with van der Waals surface area (Å²) in [5.41, 5.74) is 4.48. The number of nitrogens with zero attached hydrogens (tertiary/aromatic N) is 5. The van der Waals surface area contributed by atoms with Crippen molar-refractivity contribution < 1.29 is 9.53 Å². The molecule has 4 heterocycles. The molecule has 8 nitrogen and oxygen atoms in total. The maximum Gasteiger partial charge on any atom is 0.254 e. The normalized spacial score (nSPS) is 13.9. The molecule has 0 bridgehead atoms. The standard InChI is InChI=1S/C25H26N6O2/c1-2-11-31-17-21(20-7-9-26-16-23(20)31)22-8-10-27-25(29-22)28-19-5-3-18(4-6-19)24(32)30-12-14-33-15-13-30/h3-10,16-17H,2,11-15H2,1H3,(H,27,28,29). The first-order valence-electron chi connectivity index (χ1n) is 11.2. The highest BCUT2D eigenvalue weighted by molar-refractivity contribution is 5.95. The van der Waals surface area contributed by atoms with Gasteiger partial charge in [-0.2, -0.15) is 0 Å². The second-order valence-corrected chi connectivity index (χ2v) is 8.00. The number of amides is 1. The number of hydrogen-bond donors (Lipinski definition) is 1. The number of ether oxygens (including phenoxy) is 1. The van der Waals surface area contributed by atoms with Crippen LogP contribution in [-0.2, 0) is 11.3 Å². The van der Waals surface area contributed by atoms with Crippen molar-refractivity contribution in [3.05, 3.63) is 66.7 Å². The minimum Gasteiger partial charge on any atom is -0.378 e. The van der Waals surface area contributed by atoms with Crippen molar-refractivity contribution >= 4 is 28.4 Å². The number of rotatable bonds is 6. The Hall–Kier alpha value is -3.78. The van der Waals surface area contributed by atoms with Gasteiger partial charge in [-0.15, -0.1) is 0 Å². The van der Waals surface area contributed by atoms with E-state index in [1.165, 1.54) is 0 Å². The number of pyridine rings is 1. The molecule has 0 spiro atoms. The number of fused-ring (bicyclic) bond motifs is 1.